The molecule has 0 bridgehead atoms. The molecular weight excluding hydrogens is 351 g/mol. The molecule has 2 rings (SSSR count). The molecule has 104 valence electrons. The predicted molar refractivity (Wildman–Crippen MR) is 78.1 cm³/mol. The zero-order valence-electron chi connectivity index (χ0n) is 9.98. The van der Waals surface area contributed by atoms with Crippen molar-refractivity contribution in [1.29, 1.82) is 0 Å². The molecule has 0 amide bonds. The van der Waals surface area contributed by atoms with Gasteiger partial charge < -0.3 is 15.7 Å². The van der Waals surface area contributed by atoms with E-state index in [0.717, 1.165) is 0 Å². The average molecular weight is 360 g/mol. The van der Waals surface area contributed by atoms with Crippen molar-refractivity contribution in [2.45, 2.75) is 0 Å². The summed E-state index contributed by atoms with van der Waals surface area (Å²) in [6.45, 7) is 0. The van der Waals surface area contributed by atoms with Gasteiger partial charge in [0.15, 0.2) is 5.84 Å². The second-order valence-corrected chi connectivity index (χ2v) is 5.04. The fourth-order valence-electron chi connectivity index (χ4n) is 1.56. The van der Waals surface area contributed by atoms with E-state index in [4.69, 9.17) is 27.3 Å². The molecule has 0 atom stereocenters. The Morgan fingerprint density at radius 3 is 2.75 bits per heavy atom. The molecule has 2 aromatic rings. The van der Waals surface area contributed by atoms with Crippen LogP contribution in [0.3, 0.4) is 0 Å². The highest BCUT2D eigenvalue weighted by molar-refractivity contribution is 9.10. The topological polar surface area (TPSA) is 67.8 Å². The standard InChI is InChI=1S/C13H9BrClFN2O2/c14-8-5-4-7(16)6-11(8)20-10-3-1-2-9(15)12(10)13(17)18-19/h1-6,19H,(H2,17,18). The Hall–Kier alpha value is -1.79. The molecule has 0 aliphatic carbocycles. The Bertz CT molecular complexity index is 679. The molecule has 0 fully saturated rings. The fourth-order valence-corrected chi connectivity index (χ4v) is 2.15. The van der Waals surface area contributed by atoms with E-state index in [9.17, 15) is 4.39 Å². The van der Waals surface area contributed by atoms with Gasteiger partial charge in [0.1, 0.15) is 17.3 Å². The van der Waals surface area contributed by atoms with E-state index in [1.807, 2.05) is 0 Å². The molecule has 4 nitrogen and oxygen atoms in total. The normalized spacial score (nSPS) is 11.4. The second kappa shape index (κ2) is 6.11. The number of rotatable bonds is 3. The number of hydrogen-bond donors (Lipinski definition) is 2. The van der Waals surface area contributed by atoms with Gasteiger partial charge in [0, 0.05) is 6.07 Å². The molecule has 0 aliphatic rings. The van der Waals surface area contributed by atoms with Gasteiger partial charge in [0.2, 0.25) is 0 Å². The summed E-state index contributed by atoms with van der Waals surface area (Å²) in [6, 6.07) is 8.80. The van der Waals surface area contributed by atoms with Crippen LogP contribution in [0.25, 0.3) is 0 Å². The number of nitrogens with zero attached hydrogens (tertiary/aromatic N) is 1. The fraction of sp³-hybridized carbons (Fsp3) is 0. The van der Waals surface area contributed by atoms with Crippen LogP contribution >= 0.6 is 27.5 Å². The summed E-state index contributed by atoms with van der Waals surface area (Å²) in [7, 11) is 0. The largest absolute Gasteiger partial charge is 0.455 e. The Morgan fingerprint density at radius 2 is 2.05 bits per heavy atom. The SMILES string of the molecule is N/C(=N/O)c1c(Cl)cccc1Oc1cc(F)ccc1Br. The van der Waals surface area contributed by atoms with Crippen LogP contribution in [0.15, 0.2) is 46.0 Å². The van der Waals surface area contributed by atoms with Crippen LogP contribution in [-0.4, -0.2) is 11.0 Å². The number of nitrogens with two attached hydrogens (primary N) is 1. The first-order valence-electron chi connectivity index (χ1n) is 5.42. The Labute approximate surface area is 127 Å². The van der Waals surface area contributed by atoms with Gasteiger partial charge in [0.05, 0.1) is 15.1 Å². The van der Waals surface area contributed by atoms with Crippen molar-refractivity contribution < 1.29 is 14.3 Å². The number of oxime groups is 1. The first-order chi connectivity index (χ1) is 9.52. The van der Waals surface area contributed by atoms with E-state index in [2.05, 4.69) is 21.1 Å². The lowest BCUT2D eigenvalue weighted by molar-refractivity contribution is 0.318. The van der Waals surface area contributed by atoms with Crippen molar-refractivity contribution in [2.24, 2.45) is 10.9 Å². The van der Waals surface area contributed by atoms with Crippen LogP contribution in [0.1, 0.15) is 5.56 Å². The maximum absolute atomic E-state index is 13.2. The van der Waals surface area contributed by atoms with Crippen LogP contribution in [0, 0.1) is 5.82 Å². The third-order valence-corrected chi connectivity index (χ3v) is 3.42. The second-order valence-electron chi connectivity index (χ2n) is 3.78. The number of hydrogen-bond acceptors (Lipinski definition) is 3. The van der Waals surface area contributed by atoms with Gasteiger partial charge in [-0.25, -0.2) is 4.39 Å². The molecule has 0 aliphatic heterocycles. The third-order valence-electron chi connectivity index (χ3n) is 2.45. The van der Waals surface area contributed by atoms with Gasteiger partial charge in [-0.1, -0.05) is 22.8 Å². The summed E-state index contributed by atoms with van der Waals surface area (Å²) in [5.41, 5.74) is 5.80. The lowest BCUT2D eigenvalue weighted by Gasteiger charge is -2.12. The summed E-state index contributed by atoms with van der Waals surface area (Å²) >= 11 is 9.25. The molecular formula is C13H9BrClFN2O2. The van der Waals surface area contributed by atoms with Crippen LogP contribution in [-0.2, 0) is 0 Å². The summed E-state index contributed by atoms with van der Waals surface area (Å²) < 4.78 is 19.4. The minimum Gasteiger partial charge on any atom is -0.455 e. The molecule has 0 unspecified atom stereocenters. The van der Waals surface area contributed by atoms with Crippen LogP contribution in [0.4, 0.5) is 4.39 Å². The van der Waals surface area contributed by atoms with E-state index in [-0.39, 0.29) is 27.9 Å². The molecule has 0 radical (unpaired) electrons. The maximum Gasteiger partial charge on any atom is 0.175 e. The number of amidine groups is 1. The van der Waals surface area contributed by atoms with Gasteiger partial charge in [-0.3, -0.25) is 0 Å². The van der Waals surface area contributed by atoms with E-state index in [1.54, 1.807) is 18.2 Å². The molecule has 3 N–H and O–H groups in total. The number of ether oxygens (including phenoxy) is 1. The van der Waals surface area contributed by atoms with E-state index in [0.29, 0.717) is 4.47 Å². The molecule has 7 heteroatoms. The lowest BCUT2D eigenvalue weighted by atomic mass is 10.2. The van der Waals surface area contributed by atoms with Crippen molar-refractivity contribution in [3.63, 3.8) is 0 Å². The number of benzene rings is 2. The van der Waals surface area contributed by atoms with Crippen molar-refractivity contribution in [3.8, 4) is 11.5 Å². The quantitative estimate of drug-likeness (QED) is 0.375. The van der Waals surface area contributed by atoms with Crippen LogP contribution in [0.5, 0.6) is 11.5 Å². The zero-order valence-corrected chi connectivity index (χ0v) is 12.3. The van der Waals surface area contributed by atoms with Crippen molar-refractivity contribution >= 4 is 33.4 Å². The van der Waals surface area contributed by atoms with Gasteiger partial charge in [-0.05, 0) is 40.2 Å². The van der Waals surface area contributed by atoms with Crippen molar-refractivity contribution in [3.05, 3.63) is 57.3 Å². The minimum absolute atomic E-state index is 0.196. The highest BCUT2D eigenvalue weighted by Gasteiger charge is 2.15. The molecule has 0 aromatic heterocycles. The predicted octanol–water partition coefficient (Wildman–Crippen LogP) is 4.13. The van der Waals surface area contributed by atoms with Gasteiger partial charge in [-0.15, -0.1) is 0 Å². The smallest absolute Gasteiger partial charge is 0.175 e. The zero-order chi connectivity index (χ0) is 14.7. The van der Waals surface area contributed by atoms with Crippen LogP contribution < -0.4 is 10.5 Å². The molecule has 0 saturated heterocycles. The van der Waals surface area contributed by atoms with Crippen molar-refractivity contribution in [2.75, 3.05) is 0 Å². The molecule has 0 saturated carbocycles. The first kappa shape index (κ1) is 14.6. The monoisotopic (exact) mass is 358 g/mol. The van der Waals surface area contributed by atoms with E-state index < -0.39 is 5.82 Å². The highest BCUT2D eigenvalue weighted by Crippen LogP contribution is 2.34. The van der Waals surface area contributed by atoms with Gasteiger partial charge in [0.25, 0.3) is 0 Å². The van der Waals surface area contributed by atoms with Gasteiger partial charge in [-0.2, -0.15) is 0 Å². The van der Waals surface area contributed by atoms with E-state index in [1.165, 1.54) is 18.2 Å². The van der Waals surface area contributed by atoms with Gasteiger partial charge >= 0.3 is 0 Å². The third kappa shape index (κ3) is 3.02. The number of halogens is 3. The molecule has 0 heterocycles. The first-order valence-corrected chi connectivity index (χ1v) is 6.59. The van der Waals surface area contributed by atoms with Crippen LogP contribution in [0.2, 0.25) is 5.02 Å². The Balaban J connectivity index is 2.49. The molecule has 0 spiro atoms. The molecule has 20 heavy (non-hydrogen) atoms. The summed E-state index contributed by atoms with van der Waals surface area (Å²) in [6.07, 6.45) is 0. The Morgan fingerprint density at radius 1 is 1.30 bits per heavy atom. The maximum atomic E-state index is 13.2. The summed E-state index contributed by atoms with van der Waals surface area (Å²) in [5.74, 6) is -0.146. The van der Waals surface area contributed by atoms with Crippen molar-refractivity contribution in [1.82, 2.24) is 0 Å². The minimum atomic E-state index is -0.449. The summed E-state index contributed by atoms with van der Waals surface area (Å²) in [4.78, 5) is 0. The summed E-state index contributed by atoms with van der Waals surface area (Å²) in [5, 5.41) is 11.9. The highest BCUT2D eigenvalue weighted by atomic mass is 79.9. The molecule has 2 aromatic carbocycles. The average Bonchev–Trinajstić information content (AvgIpc) is 2.42. The Kier molecular flexibility index (Phi) is 4.46. The van der Waals surface area contributed by atoms with E-state index >= 15 is 0 Å². The lowest BCUT2D eigenvalue weighted by Crippen LogP contribution is -2.15.